The van der Waals surface area contributed by atoms with Gasteiger partial charge in [0.15, 0.2) is 9.84 Å². The van der Waals surface area contributed by atoms with Gasteiger partial charge in [-0.3, -0.25) is 4.79 Å². The summed E-state index contributed by atoms with van der Waals surface area (Å²) in [5.41, 5.74) is 10.5. The van der Waals surface area contributed by atoms with E-state index in [4.69, 9.17) is 16.6 Å². The minimum atomic E-state index is -3.91. The molecule has 88 valence electrons. The van der Waals surface area contributed by atoms with Gasteiger partial charge in [0.25, 0.3) is 0 Å². The quantitative estimate of drug-likeness (QED) is 0.634. The summed E-state index contributed by atoms with van der Waals surface area (Å²) in [6, 6.07) is 5.71. The van der Waals surface area contributed by atoms with Crippen LogP contribution in [0.2, 0.25) is 0 Å². The Balaban J connectivity index is 3.09. The number of sulfone groups is 1. The summed E-state index contributed by atoms with van der Waals surface area (Å²) in [6.07, 6.45) is 0. The molecule has 16 heavy (non-hydrogen) atoms. The lowest BCUT2D eigenvalue weighted by Crippen LogP contribution is -2.51. The van der Waals surface area contributed by atoms with Crippen LogP contribution in [0.15, 0.2) is 35.2 Å². The van der Waals surface area contributed by atoms with Gasteiger partial charge in [-0.05, 0) is 12.1 Å². The van der Waals surface area contributed by atoms with Crippen LogP contribution in [0, 0.1) is 0 Å². The van der Waals surface area contributed by atoms with Crippen LogP contribution in [0.3, 0.4) is 0 Å². The van der Waals surface area contributed by atoms with Gasteiger partial charge in [0.05, 0.1) is 4.90 Å². The summed E-state index contributed by atoms with van der Waals surface area (Å²) in [5, 5.41) is 6.93. The smallest absolute Gasteiger partial charge is 0.323 e. The molecule has 1 aromatic rings. The fourth-order valence-corrected chi connectivity index (χ4v) is 2.45. The lowest BCUT2D eigenvalue weighted by atomic mass is 10.3. The highest BCUT2D eigenvalue weighted by atomic mass is 32.2. The van der Waals surface area contributed by atoms with E-state index in [0.717, 1.165) is 0 Å². The molecule has 2 atom stereocenters. The van der Waals surface area contributed by atoms with E-state index in [-0.39, 0.29) is 4.90 Å². The molecule has 1 aromatic carbocycles. The van der Waals surface area contributed by atoms with Crippen LogP contribution >= 0.6 is 0 Å². The number of carboxylic acid groups (broad SMARTS) is 1. The third kappa shape index (κ3) is 2.38. The van der Waals surface area contributed by atoms with E-state index in [1.165, 1.54) is 24.3 Å². The summed E-state index contributed by atoms with van der Waals surface area (Å²) >= 11 is 0. The summed E-state index contributed by atoms with van der Waals surface area (Å²) in [5.74, 6) is -1.45. The molecule has 0 aliphatic rings. The molecular formula is C9H12N2O4S. The van der Waals surface area contributed by atoms with Crippen LogP contribution in [0.25, 0.3) is 0 Å². The maximum absolute atomic E-state index is 11.8. The second-order valence-electron chi connectivity index (χ2n) is 3.19. The van der Waals surface area contributed by atoms with Crippen molar-refractivity contribution in [1.29, 1.82) is 0 Å². The van der Waals surface area contributed by atoms with Crippen molar-refractivity contribution < 1.29 is 18.3 Å². The fourth-order valence-electron chi connectivity index (χ4n) is 1.10. The van der Waals surface area contributed by atoms with E-state index in [0.29, 0.717) is 0 Å². The zero-order valence-corrected chi connectivity index (χ0v) is 9.09. The molecule has 0 heterocycles. The zero-order chi connectivity index (χ0) is 12.3. The predicted octanol–water partition coefficient (Wildman–Crippen LogP) is -0.843. The van der Waals surface area contributed by atoms with Crippen molar-refractivity contribution in [3.63, 3.8) is 0 Å². The Kier molecular flexibility index (Phi) is 3.63. The van der Waals surface area contributed by atoms with Gasteiger partial charge in [0, 0.05) is 0 Å². The lowest BCUT2D eigenvalue weighted by Gasteiger charge is -2.16. The van der Waals surface area contributed by atoms with Crippen molar-refractivity contribution >= 4 is 15.8 Å². The van der Waals surface area contributed by atoms with Gasteiger partial charge < -0.3 is 16.6 Å². The number of rotatable bonds is 4. The number of nitrogens with two attached hydrogens (primary N) is 2. The van der Waals surface area contributed by atoms with Crippen LogP contribution in [-0.4, -0.2) is 30.9 Å². The predicted molar refractivity (Wildman–Crippen MR) is 57.2 cm³/mol. The van der Waals surface area contributed by atoms with Crippen molar-refractivity contribution in [1.82, 2.24) is 0 Å². The van der Waals surface area contributed by atoms with Gasteiger partial charge in [0.2, 0.25) is 0 Å². The molecule has 0 saturated carbocycles. The molecule has 7 heteroatoms. The fraction of sp³-hybridized carbons (Fsp3) is 0.222. The van der Waals surface area contributed by atoms with Crippen molar-refractivity contribution in [3.8, 4) is 0 Å². The molecule has 0 aliphatic heterocycles. The third-order valence-corrected chi connectivity index (χ3v) is 4.01. The number of benzene rings is 1. The first-order chi connectivity index (χ1) is 7.37. The average molecular weight is 244 g/mol. The third-order valence-electron chi connectivity index (χ3n) is 2.07. The number of aliphatic carboxylic acids is 1. The van der Waals surface area contributed by atoms with E-state index in [1.807, 2.05) is 0 Å². The van der Waals surface area contributed by atoms with Crippen molar-refractivity contribution in [2.45, 2.75) is 16.3 Å². The molecule has 0 fully saturated rings. The molecule has 0 radical (unpaired) electrons. The van der Waals surface area contributed by atoms with E-state index in [1.54, 1.807) is 6.07 Å². The maximum Gasteiger partial charge on any atom is 0.323 e. The standard InChI is InChI=1S/C9H12N2O4S/c10-7(9(12)13)8(11)16(14,15)6-4-2-1-3-5-6/h1-5,7-8H,10-11H2,(H,12,13)/t7-,8?/m1/s1. The monoisotopic (exact) mass is 244 g/mol. The highest BCUT2D eigenvalue weighted by Crippen LogP contribution is 2.14. The number of carbonyl (C=O) groups is 1. The Labute approximate surface area is 92.8 Å². The average Bonchev–Trinajstić information content (AvgIpc) is 2.28. The van der Waals surface area contributed by atoms with Crippen LogP contribution in [-0.2, 0) is 14.6 Å². The van der Waals surface area contributed by atoms with Crippen molar-refractivity contribution in [2.75, 3.05) is 0 Å². The molecule has 1 rings (SSSR count). The molecule has 6 nitrogen and oxygen atoms in total. The SMILES string of the molecule is NC([C@@H](N)C(=O)O)S(=O)(=O)c1ccccc1. The number of carboxylic acids is 1. The Morgan fingerprint density at radius 1 is 1.19 bits per heavy atom. The minimum absolute atomic E-state index is 0.0424. The second-order valence-corrected chi connectivity index (χ2v) is 5.29. The van der Waals surface area contributed by atoms with Gasteiger partial charge in [-0.1, -0.05) is 18.2 Å². The first-order valence-corrected chi connectivity index (χ1v) is 5.95. The summed E-state index contributed by atoms with van der Waals surface area (Å²) in [7, 11) is -3.91. The van der Waals surface area contributed by atoms with Crippen LogP contribution in [0.1, 0.15) is 0 Å². The molecule has 0 bridgehead atoms. The minimum Gasteiger partial charge on any atom is -0.480 e. The van der Waals surface area contributed by atoms with E-state index in [2.05, 4.69) is 0 Å². The van der Waals surface area contributed by atoms with Gasteiger partial charge >= 0.3 is 5.97 Å². The number of hydrogen-bond acceptors (Lipinski definition) is 5. The molecule has 5 N–H and O–H groups in total. The highest BCUT2D eigenvalue weighted by Gasteiger charge is 2.33. The first-order valence-electron chi connectivity index (χ1n) is 4.40. The summed E-state index contributed by atoms with van der Waals surface area (Å²) < 4.78 is 23.6. The molecule has 0 amide bonds. The zero-order valence-electron chi connectivity index (χ0n) is 8.28. The van der Waals surface area contributed by atoms with Gasteiger partial charge in [-0.25, -0.2) is 8.42 Å². The summed E-state index contributed by atoms with van der Waals surface area (Å²) in [4.78, 5) is 10.5. The van der Waals surface area contributed by atoms with Crippen molar-refractivity contribution in [3.05, 3.63) is 30.3 Å². The Bertz CT molecular complexity index is 472. The van der Waals surface area contributed by atoms with Crippen LogP contribution in [0.5, 0.6) is 0 Å². The topological polar surface area (TPSA) is 123 Å². The van der Waals surface area contributed by atoms with Crippen molar-refractivity contribution in [2.24, 2.45) is 11.5 Å². The van der Waals surface area contributed by atoms with Gasteiger partial charge in [-0.15, -0.1) is 0 Å². The van der Waals surface area contributed by atoms with Crippen LogP contribution in [0.4, 0.5) is 0 Å². The molecular weight excluding hydrogens is 232 g/mol. The van der Waals surface area contributed by atoms with E-state index < -0.39 is 27.2 Å². The summed E-state index contributed by atoms with van der Waals surface area (Å²) in [6.45, 7) is 0. The van der Waals surface area contributed by atoms with Gasteiger partial charge in [0.1, 0.15) is 11.4 Å². The van der Waals surface area contributed by atoms with E-state index >= 15 is 0 Å². The van der Waals surface area contributed by atoms with Gasteiger partial charge in [-0.2, -0.15) is 0 Å². The molecule has 0 aliphatic carbocycles. The Hall–Kier alpha value is -1.44. The Morgan fingerprint density at radius 2 is 1.69 bits per heavy atom. The molecule has 0 aromatic heterocycles. The normalized spacial score (nSPS) is 15.4. The molecule has 0 saturated heterocycles. The molecule has 1 unspecified atom stereocenters. The van der Waals surface area contributed by atoms with Crippen LogP contribution < -0.4 is 11.5 Å². The largest absolute Gasteiger partial charge is 0.480 e. The first kappa shape index (κ1) is 12.6. The Morgan fingerprint density at radius 3 is 2.12 bits per heavy atom. The molecule has 0 spiro atoms. The lowest BCUT2D eigenvalue weighted by molar-refractivity contribution is -0.138. The van der Waals surface area contributed by atoms with E-state index in [9.17, 15) is 13.2 Å². The number of hydrogen-bond donors (Lipinski definition) is 3. The highest BCUT2D eigenvalue weighted by molar-refractivity contribution is 7.92. The second kappa shape index (κ2) is 4.60. The maximum atomic E-state index is 11.8.